The van der Waals surface area contributed by atoms with Gasteiger partial charge in [-0.05, 0) is 30.5 Å². The predicted molar refractivity (Wildman–Crippen MR) is 107 cm³/mol. The van der Waals surface area contributed by atoms with E-state index in [0.29, 0.717) is 17.0 Å². The number of nitrogens with zero attached hydrogens (tertiary/aromatic N) is 5. The molecule has 0 radical (unpaired) electrons. The molecule has 0 saturated carbocycles. The van der Waals surface area contributed by atoms with Gasteiger partial charge in [0.1, 0.15) is 24.5 Å². The van der Waals surface area contributed by atoms with E-state index in [1.165, 1.54) is 0 Å². The first-order valence-electron chi connectivity index (χ1n) is 9.39. The number of hydrogen-bond donors (Lipinski definition) is 0. The molecule has 1 aromatic heterocycles. The second-order valence-corrected chi connectivity index (χ2v) is 7.12. The molecule has 1 aliphatic rings. The highest BCUT2D eigenvalue weighted by molar-refractivity contribution is 5.86. The van der Waals surface area contributed by atoms with Gasteiger partial charge in [0.15, 0.2) is 0 Å². The lowest BCUT2D eigenvalue weighted by Crippen LogP contribution is -2.34. The van der Waals surface area contributed by atoms with Crippen molar-refractivity contribution in [3.63, 3.8) is 0 Å². The summed E-state index contributed by atoms with van der Waals surface area (Å²) in [5, 5.41) is 18.0. The van der Waals surface area contributed by atoms with Crippen molar-refractivity contribution < 1.29 is 4.79 Å². The molecule has 1 fully saturated rings. The van der Waals surface area contributed by atoms with E-state index in [-0.39, 0.29) is 0 Å². The van der Waals surface area contributed by atoms with Crippen LogP contribution in [0.1, 0.15) is 40.5 Å². The number of aldehydes is 1. The van der Waals surface area contributed by atoms with Crippen LogP contribution in [0.4, 0.5) is 5.69 Å². The van der Waals surface area contributed by atoms with Gasteiger partial charge in [-0.15, -0.1) is 10.2 Å². The Balaban J connectivity index is 1.67. The molecule has 3 aromatic rings. The summed E-state index contributed by atoms with van der Waals surface area (Å²) >= 11 is 0. The SMILES string of the molecule is Cn1cnnc1C1CCN(c2c(C#N)cccc2-c2cccc(C=O)c2)CC1. The van der Waals surface area contributed by atoms with Gasteiger partial charge in [0, 0.05) is 37.2 Å². The van der Waals surface area contributed by atoms with E-state index >= 15 is 0 Å². The van der Waals surface area contributed by atoms with Crippen molar-refractivity contribution in [2.45, 2.75) is 18.8 Å². The number of aromatic nitrogens is 3. The van der Waals surface area contributed by atoms with E-state index in [4.69, 9.17) is 0 Å². The zero-order valence-electron chi connectivity index (χ0n) is 15.7. The summed E-state index contributed by atoms with van der Waals surface area (Å²) in [6, 6.07) is 15.6. The fourth-order valence-electron chi connectivity index (χ4n) is 4.01. The normalized spacial score (nSPS) is 14.6. The zero-order chi connectivity index (χ0) is 19.5. The van der Waals surface area contributed by atoms with Crippen molar-refractivity contribution in [3.05, 3.63) is 65.7 Å². The number of benzene rings is 2. The van der Waals surface area contributed by atoms with Gasteiger partial charge in [0.2, 0.25) is 0 Å². The maximum Gasteiger partial charge on any atom is 0.150 e. The van der Waals surface area contributed by atoms with E-state index in [2.05, 4.69) is 21.2 Å². The van der Waals surface area contributed by atoms with Crippen LogP contribution < -0.4 is 4.90 Å². The molecule has 0 N–H and O–H groups in total. The van der Waals surface area contributed by atoms with Crippen molar-refractivity contribution in [2.75, 3.05) is 18.0 Å². The zero-order valence-corrected chi connectivity index (χ0v) is 15.7. The van der Waals surface area contributed by atoms with E-state index in [1.807, 2.05) is 48.0 Å². The summed E-state index contributed by atoms with van der Waals surface area (Å²) in [6.45, 7) is 1.69. The second-order valence-electron chi connectivity index (χ2n) is 7.12. The van der Waals surface area contributed by atoms with Crippen LogP contribution in [0.5, 0.6) is 0 Å². The van der Waals surface area contributed by atoms with E-state index in [0.717, 1.165) is 54.9 Å². The van der Waals surface area contributed by atoms with Gasteiger partial charge >= 0.3 is 0 Å². The van der Waals surface area contributed by atoms with Crippen molar-refractivity contribution in [1.82, 2.24) is 14.8 Å². The van der Waals surface area contributed by atoms with Gasteiger partial charge < -0.3 is 9.47 Å². The van der Waals surface area contributed by atoms with Gasteiger partial charge in [0.05, 0.1) is 11.3 Å². The highest BCUT2D eigenvalue weighted by Gasteiger charge is 2.26. The number of piperidine rings is 1. The lowest BCUT2D eigenvalue weighted by molar-refractivity contribution is 0.112. The first-order valence-corrected chi connectivity index (χ1v) is 9.39. The van der Waals surface area contributed by atoms with Gasteiger partial charge in [-0.1, -0.05) is 30.3 Å². The standard InChI is InChI=1S/C22H21N5O/c1-26-15-24-25-22(26)17-8-10-27(11-9-17)21-19(13-23)6-3-7-20(21)18-5-2-4-16(12-18)14-28/h2-7,12,14-15,17H,8-11H2,1H3. The molecule has 1 saturated heterocycles. The average molecular weight is 371 g/mol. The Labute approximate surface area is 164 Å². The number of rotatable bonds is 4. The van der Waals surface area contributed by atoms with E-state index < -0.39 is 0 Å². The topological polar surface area (TPSA) is 74.8 Å². The molecule has 2 aromatic carbocycles. The Morgan fingerprint density at radius 2 is 1.96 bits per heavy atom. The molecule has 28 heavy (non-hydrogen) atoms. The molecule has 140 valence electrons. The second kappa shape index (κ2) is 7.65. The van der Waals surface area contributed by atoms with Crippen LogP contribution in [0.3, 0.4) is 0 Å². The highest BCUT2D eigenvalue weighted by Crippen LogP contribution is 2.37. The Kier molecular flexibility index (Phi) is 4.90. The fraction of sp³-hybridized carbons (Fsp3) is 0.273. The van der Waals surface area contributed by atoms with Gasteiger partial charge in [0.25, 0.3) is 0 Å². The molecule has 4 rings (SSSR count). The third-order valence-electron chi connectivity index (χ3n) is 5.41. The van der Waals surface area contributed by atoms with Crippen molar-refractivity contribution in [2.24, 2.45) is 7.05 Å². The molecule has 0 bridgehead atoms. The Morgan fingerprint density at radius 3 is 2.64 bits per heavy atom. The predicted octanol–water partition coefficient (Wildman–Crippen LogP) is 3.55. The van der Waals surface area contributed by atoms with E-state index in [1.54, 1.807) is 12.4 Å². The minimum atomic E-state index is 0.375. The monoisotopic (exact) mass is 371 g/mol. The lowest BCUT2D eigenvalue weighted by Gasteiger charge is -2.35. The van der Waals surface area contributed by atoms with Crippen LogP contribution in [0.15, 0.2) is 48.8 Å². The molecule has 0 unspecified atom stereocenters. The van der Waals surface area contributed by atoms with E-state index in [9.17, 15) is 10.1 Å². The third kappa shape index (κ3) is 3.27. The van der Waals surface area contributed by atoms with Gasteiger partial charge in [-0.25, -0.2) is 0 Å². The Morgan fingerprint density at radius 1 is 1.18 bits per heavy atom. The summed E-state index contributed by atoms with van der Waals surface area (Å²) in [5.74, 6) is 1.40. The number of para-hydroxylation sites is 1. The molecule has 6 heteroatoms. The van der Waals surface area contributed by atoms with Crippen LogP contribution in [-0.2, 0) is 7.05 Å². The molecular formula is C22H21N5O. The molecule has 0 aliphatic carbocycles. The number of aryl methyl sites for hydroxylation is 1. The third-order valence-corrected chi connectivity index (χ3v) is 5.41. The summed E-state index contributed by atoms with van der Waals surface area (Å²) < 4.78 is 1.99. The Bertz CT molecular complexity index is 1040. The molecule has 0 amide bonds. The maximum absolute atomic E-state index is 11.2. The van der Waals surface area contributed by atoms with Crippen LogP contribution in [0.2, 0.25) is 0 Å². The van der Waals surface area contributed by atoms with Crippen LogP contribution >= 0.6 is 0 Å². The molecule has 6 nitrogen and oxygen atoms in total. The number of carbonyl (C=O) groups excluding carboxylic acids is 1. The molecule has 0 spiro atoms. The number of anilines is 1. The lowest BCUT2D eigenvalue weighted by atomic mass is 9.92. The largest absolute Gasteiger partial charge is 0.370 e. The summed E-state index contributed by atoms with van der Waals surface area (Å²) in [4.78, 5) is 13.5. The van der Waals surface area contributed by atoms with Crippen molar-refractivity contribution in [1.29, 1.82) is 5.26 Å². The van der Waals surface area contributed by atoms with Crippen molar-refractivity contribution in [3.8, 4) is 17.2 Å². The van der Waals surface area contributed by atoms with Gasteiger partial charge in [-0.3, -0.25) is 4.79 Å². The van der Waals surface area contributed by atoms with Crippen LogP contribution in [0.25, 0.3) is 11.1 Å². The average Bonchev–Trinajstić information content (AvgIpc) is 3.19. The summed E-state index contributed by atoms with van der Waals surface area (Å²) in [7, 11) is 1.98. The maximum atomic E-state index is 11.2. The first-order chi connectivity index (χ1) is 13.7. The number of nitriles is 1. The Hall–Kier alpha value is -3.46. The number of carbonyl (C=O) groups is 1. The van der Waals surface area contributed by atoms with Crippen molar-refractivity contribution >= 4 is 12.0 Å². The fourth-order valence-corrected chi connectivity index (χ4v) is 4.01. The van der Waals surface area contributed by atoms with Crippen LogP contribution in [-0.4, -0.2) is 34.1 Å². The minimum absolute atomic E-state index is 0.375. The quantitative estimate of drug-likeness (QED) is 0.656. The smallest absolute Gasteiger partial charge is 0.150 e. The molecular weight excluding hydrogens is 350 g/mol. The molecule has 2 heterocycles. The van der Waals surface area contributed by atoms with Crippen LogP contribution in [0, 0.1) is 11.3 Å². The van der Waals surface area contributed by atoms with Gasteiger partial charge in [-0.2, -0.15) is 5.26 Å². The molecule has 0 atom stereocenters. The first kappa shape index (κ1) is 17.9. The summed E-state index contributed by atoms with van der Waals surface area (Å²) in [6.07, 6.45) is 4.51. The highest BCUT2D eigenvalue weighted by atomic mass is 16.1. The number of hydrogen-bond acceptors (Lipinski definition) is 5. The summed E-state index contributed by atoms with van der Waals surface area (Å²) in [5.41, 5.74) is 4.18. The minimum Gasteiger partial charge on any atom is -0.370 e. The molecule has 1 aliphatic heterocycles.